The molecular formula is C30H24. The predicted molar refractivity (Wildman–Crippen MR) is 131 cm³/mol. The van der Waals surface area contributed by atoms with Gasteiger partial charge in [0.05, 0.1) is 0 Å². The molecule has 0 unspecified atom stereocenters. The van der Waals surface area contributed by atoms with Gasteiger partial charge in [-0.1, -0.05) is 109 Å². The zero-order chi connectivity index (χ0) is 20.7. The molecule has 0 atom stereocenters. The fraction of sp³-hybridized carbons (Fsp3) is 0.0667. The van der Waals surface area contributed by atoms with Gasteiger partial charge in [0.2, 0.25) is 0 Å². The summed E-state index contributed by atoms with van der Waals surface area (Å²) in [6.07, 6.45) is 6.31. The van der Waals surface area contributed by atoms with Gasteiger partial charge in [-0.15, -0.1) is 0 Å². The van der Waals surface area contributed by atoms with Crippen molar-refractivity contribution < 1.29 is 0 Å². The van der Waals surface area contributed by atoms with Crippen LogP contribution in [0, 0.1) is 6.92 Å². The Morgan fingerprint density at radius 3 is 2.07 bits per heavy atom. The lowest BCUT2D eigenvalue weighted by molar-refractivity contribution is 1.45. The molecule has 1 aliphatic carbocycles. The molecule has 0 amide bonds. The van der Waals surface area contributed by atoms with Crippen LogP contribution in [0.25, 0.3) is 44.2 Å². The molecule has 30 heavy (non-hydrogen) atoms. The largest absolute Gasteiger partial charge is 0.0984 e. The first-order valence-electron chi connectivity index (χ1n) is 10.4. The second-order valence-electron chi connectivity index (χ2n) is 7.98. The molecule has 144 valence electrons. The van der Waals surface area contributed by atoms with Crippen molar-refractivity contribution in [1.82, 2.24) is 0 Å². The summed E-state index contributed by atoms with van der Waals surface area (Å²) in [6, 6.07) is 28.5. The molecule has 0 saturated heterocycles. The van der Waals surface area contributed by atoms with Crippen LogP contribution >= 0.6 is 0 Å². The van der Waals surface area contributed by atoms with Gasteiger partial charge in [-0.2, -0.15) is 0 Å². The Bertz CT molecular complexity index is 1320. The van der Waals surface area contributed by atoms with E-state index in [1.807, 2.05) is 6.08 Å². The summed E-state index contributed by atoms with van der Waals surface area (Å²) < 4.78 is 0. The second kappa shape index (κ2) is 7.31. The van der Waals surface area contributed by atoms with Crippen LogP contribution in [0.3, 0.4) is 0 Å². The van der Waals surface area contributed by atoms with Crippen LogP contribution in [-0.2, 0) is 0 Å². The molecule has 0 heteroatoms. The molecule has 4 aromatic carbocycles. The summed E-state index contributed by atoms with van der Waals surface area (Å²) >= 11 is 0. The van der Waals surface area contributed by atoms with Crippen LogP contribution in [0.2, 0.25) is 0 Å². The molecule has 0 aliphatic heterocycles. The summed E-state index contributed by atoms with van der Waals surface area (Å²) in [5.41, 5.74) is 11.5. The Labute approximate surface area is 178 Å². The van der Waals surface area contributed by atoms with Gasteiger partial charge in [0.1, 0.15) is 0 Å². The first kappa shape index (κ1) is 18.4. The number of aryl methyl sites for hydroxylation is 1. The predicted octanol–water partition coefficient (Wildman–Crippen LogP) is 8.47. The van der Waals surface area contributed by atoms with E-state index in [2.05, 4.69) is 111 Å². The van der Waals surface area contributed by atoms with Crippen molar-refractivity contribution in [3.05, 3.63) is 120 Å². The summed E-state index contributed by atoms with van der Waals surface area (Å²) in [6.45, 7) is 8.32. The molecule has 1 aliphatic rings. The average Bonchev–Trinajstić information content (AvgIpc) is 3.11. The van der Waals surface area contributed by atoms with Crippen LogP contribution in [0.15, 0.2) is 104 Å². The Hall–Kier alpha value is -3.64. The quantitative estimate of drug-likeness (QED) is 0.273. The van der Waals surface area contributed by atoms with E-state index in [9.17, 15) is 0 Å². The van der Waals surface area contributed by atoms with E-state index < -0.39 is 0 Å². The molecule has 0 N–H and O–H groups in total. The minimum atomic E-state index is 1.13. The monoisotopic (exact) mass is 384 g/mol. The summed E-state index contributed by atoms with van der Waals surface area (Å²) in [5.74, 6) is 0. The molecule has 5 rings (SSSR count). The highest BCUT2D eigenvalue weighted by Gasteiger charge is 2.21. The van der Waals surface area contributed by atoms with Crippen molar-refractivity contribution in [3.63, 3.8) is 0 Å². The number of hydrogen-bond acceptors (Lipinski definition) is 0. The van der Waals surface area contributed by atoms with Gasteiger partial charge >= 0.3 is 0 Å². The van der Waals surface area contributed by atoms with Crippen LogP contribution < -0.4 is 0 Å². The van der Waals surface area contributed by atoms with Crippen molar-refractivity contribution in [2.24, 2.45) is 0 Å². The van der Waals surface area contributed by atoms with Crippen LogP contribution in [-0.4, -0.2) is 0 Å². The molecule has 0 bridgehead atoms. The van der Waals surface area contributed by atoms with Gasteiger partial charge in [0, 0.05) is 0 Å². The third-order valence-electron chi connectivity index (χ3n) is 6.09. The maximum atomic E-state index is 4.02. The van der Waals surface area contributed by atoms with E-state index >= 15 is 0 Å². The van der Waals surface area contributed by atoms with Crippen LogP contribution in [0.5, 0.6) is 0 Å². The Morgan fingerprint density at radius 2 is 1.37 bits per heavy atom. The highest BCUT2D eigenvalue weighted by molar-refractivity contribution is 6.17. The average molecular weight is 385 g/mol. The van der Waals surface area contributed by atoms with E-state index in [4.69, 9.17) is 0 Å². The molecule has 4 aromatic rings. The lowest BCUT2D eigenvalue weighted by Gasteiger charge is -2.10. The van der Waals surface area contributed by atoms with E-state index in [0.717, 1.165) is 5.57 Å². The molecule has 0 aromatic heterocycles. The molecule has 0 saturated carbocycles. The van der Waals surface area contributed by atoms with Gasteiger partial charge in [-0.05, 0) is 69.1 Å². The lowest BCUT2D eigenvalue weighted by atomic mass is 9.94. The molecule has 0 spiro atoms. The molecule has 0 nitrogen and oxygen atoms in total. The molecule has 0 fully saturated rings. The number of rotatable bonds is 4. The standard InChI is InChI=1S/C30H24/c1-4-22(23-15-12-20(2)13-16-23)17-14-21(3)24-18-19-29-26-9-6-5-8-25(26)28-11-7-10-27(24)30(28)29/h4-19H,1H2,2-3H3/b21-14+,22-17+. The SMILES string of the molecule is C=C/C(=C\C=C(/C)c1ccc2c3c(cccc13)-c1ccccc1-2)c1ccc(C)cc1. The third-order valence-corrected chi connectivity index (χ3v) is 6.09. The smallest absolute Gasteiger partial charge is 0.00203 e. The first-order chi connectivity index (χ1) is 14.7. The van der Waals surface area contributed by atoms with E-state index in [0.29, 0.717) is 0 Å². The van der Waals surface area contributed by atoms with E-state index in [-0.39, 0.29) is 0 Å². The lowest BCUT2D eigenvalue weighted by Crippen LogP contribution is -1.86. The van der Waals surface area contributed by atoms with Gasteiger partial charge in [0.15, 0.2) is 0 Å². The Morgan fingerprint density at radius 1 is 0.700 bits per heavy atom. The summed E-state index contributed by atoms with van der Waals surface area (Å²) in [5, 5.41) is 2.69. The number of hydrogen-bond donors (Lipinski definition) is 0. The third kappa shape index (κ3) is 2.93. The van der Waals surface area contributed by atoms with Crippen molar-refractivity contribution >= 4 is 21.9 Å². The highest BCUT2D eigenvalue weighted by Crippen LogP contribution is 2.48. The topological polar surface area (TPSA) is 0 Å². The number of benzene rings is 4. The van der Waals surface area contributed by atoms with Gasteiger partial charge in [-0.25, -0.2) is 0 Å². The minimum Gasteiger partial charge on any atom is -0.0984 e. The first-order valence-corrected chi connectivity index (χ1v) is 10.4. The van der Waals surface area contributed by atoms with E-state index in [1.165, 1.54) is 55.3 Å². The maximum Gasteiger partial charge on any atom is -0.00203 e. The van der Waals surface area contributed by atoms with Crippen molar-refractivity contribution in [1.29, 1.82) is 0 Å². The molecular weight excluding hydrogens is 360 g/mol. The fourth-order valence-corrected chi connectivity index (χ4v) is 4.49. The fourth-order valence-electron chi connectivity index (χ4n) is 4.49. The normalized spacial score (nSPS) is 12.9. The minimum absolute atomic E-state index is 1.13. The second-order valence-corrected chi connectivity index (χ2v) is 7.98. The highest BCUT2D eigenvalue weighted by atomic mass is 14.2. The zero-order valence-electron chi connectivity index (χ0n) is 17.4. The van der Waals surface area contributed by atoms with Crippen LogP contribution in [0.4, 0.5) is 0 Å². The van der Waals surface area contributed by atoms with Crippen molar-refractivity contribution in [3.8, 4) is 22.3 Å². The van der Waals surface area contributed by atoms with Gasteiger partial charge in [-0.3, -0.25) is 0 Å². The summed E-state index contributed by atoms with van der Waals surface area (Å²) in [7, 11) is 0. The molecule has 0 radical (unpaired) electrons. The number of allylic oxidation sites excluding steroid dienone is 5. The number of fused-ring (bicyclic) bond motifs is 3. The van der Waals surface area contributed by atoms with E-state index in [1.54, 1.807) is 0 Å². The van der Waals surface area contributed by atoms with Crippen molar-refractivity contribution in [2.45, 2.75) is 13.8 Å². The van der Waals surface area contributed by atoms with Crippen molar-refractivity contribution in [2.75, 3.05) is 0 Å². The zero-order valence-corrected chi connectivity index (χ0v) is 17.4. The van der Waals surface area contributed by atoms with Crippen LogP contribution in [0.1, 0.15) is 23.6 Å². The van der Waals surface area contributed by atoms with Gasteiger partial charge in [0.25, 0.3) is 0 Å². The Kier molecular flexibility index (Phi) is 4.48. The van der Waals surface area contributed by atoms with Gasteiger partial charge < -0.3 is 0 Å². The maximum absolute atomic E-state index is 4.02. The summed E-state index contributed by atoms with van der Waals surface area (Å²) in [4.78, 5) is 0. The Balaban J connectivity index is 1.61. The molecule has 0 heterocycles.